The number of nitrogens with one attached hydrogen (secondary N) is 1. The molecule has 7 nitrogen and oxygen atoms in total. The van der Waals surface area contributed by atoms with Crippen LogP contribution in [0.5, 0.6) is 11.5 Å². The zero-order valence-corrected chi connectivity index (χ0v) is 20.5. The average molecular weight is 463 g/mol. The van der Waals surface area contributed by atoms with E-state index in [0.29, 0.717) is 23.7 Å². The minimum absolute atomic E-state index is 0.102. The van der Waals surface area contributed by atoms with E-state index in [9.17, 15) is 13.2 Å². The van der Waals surface area contributed by atoms with E-state index in [4.69, 9.17) is 9.47 Å². The van der Waals surface area contributed by atoms with Gasteiger partial charge < -0.3 is 14.8 Å². The third kappa shape index (κ3) is 6.71. The van der Waals surface area contributed by atoms with Gasteiger partial charge >= 0.3 is 0 Å². The van der Waals surface area contributed by atoms with Crippen molar-refractivity contribution in [2.45, 2.75) is 44.0 Å². The van der Waals surface area contributed by atoms with Gasteiger partial charge in [0.05, 0.1) is 25.2 Å². The molecule has 0 heterocycles. The molecule has 1 N–H and O–H groups in total. The molecule has 1 atom stereocenters. The number of ether oxygens (including phenoxy) is 2. The summed E-state index contributed by atoms with van der Waals surface area (Å²) < 4.78 is 36.7. The van der Waals surface area contributed by atoms with Gasteiger partial charge in [-0.1, -0.05) is 26.0 Å². The highest BCUT2D eigenvalue weighted by Crippen LogP contribution is 2.26. The maximum atomic E-state index is 12.8. The average Bonchev–Trinajstić information content (AvgIpc) is 2.76. The number of hydrogen-bond acceptors (Lipinski definition) is 5. The van der Waals surface area contributed by atoms with E-state index in [-0.39, 0.29) is 23.3 Å². The SMILES string of the molecule is COc1ccc(C(CC(C)C)NC(=O)CCc2cc(S(=O)(=O)N(C)C)ccc2OC)cc1. The molecule has 2 aromatic rings. The number of carbonyl (C=O) groups excluding carboxylic acids is 1. The van der Waals surface area contributed by atoms with Crippen LogP contribution in [-0.4, -0.2) is 46.9 Å². The van der Waals surface area contributed by atoms with Crippen LogP contribution in [0.4, 0.5) is 0 Å². The molecule has 0 aliphatic heterocycles. The fraction of sp³-hybridized carbons (Fsp3) is 0.458. The van der Waals surface area contributed by atoms with Crippen molar-refractivity contribution in [3.05, 3.63) is 53.6 Å². The molecule has 0 aromatic heterocycles. The topological polar surface area (TPSA) is 84.9 Å². The molecular formula is C24H34N2O5S. The van der Waals surface area contributed by atoms with Gasteiger partial charge in [-0.15, -0.1) is 0 Å². The summed E-state index contributed by atoms with van der Waals surface area (Å²) in [6.07, 6.45) is 1.38. The van der Waals surface area contributed by atoms with Crippen molar-refractivity contribution in [3.8, 4) is 11.5 Å². The maximum Gasteiger partial charge on any atom is 0.242 e. The monoisotopic (exact) mass is 462 g/mol. The summed E-state index contributed by atoms with van der Waals surface area (Å²) in [5.74, 6) is 1.62. The second-order valence-corrected chi connectivity index (χ2v) is 10.4. The molecule has 8 heteroatoms. The number of hydrogen-bond donors (Lipinski definition) is 1. The first kappa shape index (κ1) is 25.7. The Bertz CT molecular complexity index is 1000. The Morgan fingerprint density at radius 3 is 2.22 bits per heavy atom. The third-order valence-corrected chi connectivity index (χ3v) is 7.02. The predicted octanol–water partition coefficient (Wildman–Crippen LogP) is 3.79. The summed E-state index contributed by atoms with van der Waals surface area (Å²) in [4.78, 5) is 13.0. The van der Waals surface area contributed by atoms with Crippen LogP contribution in [0.1, 0.15) is 43.9 Å². The van der Waals surface area contributed by atoms with Crippen LogP contribution in [0.15, 0.2) is 47.4 Å². The predicted molar refractivity (Wildman–Crippen MR) is 126 cm³/mol. The summed E-state index contributed by atoms with van der Waals surface area (Å²) in [5, 5.41) is 3.13. The highest BCUT2D eigenvalue weighted by Gasteiger charge is 2.20. The Labute approximate surface area is 191 Å². The van der Waals surface area contributed by atoms with Gasteiger partial charge in [-0.05, 0) is 60.2 Å². The number of sulfonamides is 1. The number of rotatable bonds is 11. The molecule has 0 saturated heterocycles. The molecule has 1 amide bonds. The van der Waals surface area contributed by atoms with Gasteiger partial charge in [0.25, 0.3) is 0 Å². The molecule has 0 aliphatic carbocycles. The lowest BCUT2D eigenvalue weighted by molar-refractivity contribution is -0.121. The van der Waals surface area contributed by atoms with Gasteiger partial charge in [0, 0.05) is 20.5 Å². The Balaban J connectivity index is 2.15. The fourth-order valence-electron chi connectivity index (χ4n) is 3.42. The van der Waals surface area contributed by atoms with E-state index in [0.717, 1.165) is 22.0 Å². The molecule has 0 aliphatic rings. The number of amides is 1. The first-order chi connectivity index (χ1) is 15.1. The van der Waals surface area contributed by atoms with Gasteiger partial charge in [0.2, 0.25) is 15.9 Å². The number of nitrogens with zero attached hydrogens (tertiary/aromatic N) is 1. The standard InChI is InChI=1S/C24H34N2O5S/c1-17(2)15-22(18-7-10-20(30-5)11-8-18)25-24(27)14-9-19-16-21(12-13-23(19)31-6)32(28,29)26(3)4/h7-8,10-13,16-17,22H,9,14-15H2,1-6H3,(H,25,27). The van der Waals surface area contributed by atoms with E-state index in [1.807, 2.05) is 24.3 Å². The summed E-state index contributed by atoms with van der Waals surface area (Å²) in [6.45, 7) is 4.23. The van der Waals surface area contributed by atoms with Crippen LogP contribution in [0, 0.1) is 5.92 Å². The smallest absolute Gasteiger partial charge is 0.242 e. The molecule has 0 spiro atoms. The molecule has 0 radical (unpaired) electrons. The molecule has 176 valence electrons. The van der Waals surface area contributed by atoms with Crippen molar-refractivity contribution in [1.82, 2.24) is 9.62 Å². The molecule has 32 heavy (non-hydrogen) atoms. The Morgan fingerprint density at radius 2 is 1.69 bits per heavy atom. The second-order valence-electron chi connectivity index (χ2n) is 8.28. The minimum Gasteiger partial charge on any atom is -0.497 e. The van der Waals surface area contributed by atoms with Crippen LogP contribution in [0.25, 0.3) is 0 Å². The minimum atomic E-state index is -3.57. The normalized spacial score (nSPS) is 12.6. The highest BCUT2D eigenvalue weighted by molar-refractivity contribution is 7.89. The fourth-order valence-corrected chi connectivity index (χ4v) is 4.38. The zero-order chi connectivity index (χ0) is 23.9. The first-order valence-corrected chi connectivity index (χ1v) is 12.0. The lowest BCUT2D eigenvalue weighted by Gasteiger charge is -2.22. The Kier molecular flexibility index (Phi) is 9.09. The van der Waals surface area contributed by atoms with E-state index in [1.54, 1.807) is 19.2 Å². The van der Waals surface area contributed by atoms with Crippen molar-refractivity contribution in [3.63, 3.8) is 0 Å². The van der Waals surface area contributed by atoms with Gasteiger partial charge in [0.15, 0.2) is 0 Å². The summed E-state index contributed by atoms with van der Waals surface area (Å²) >= 11 is 0. The number of carbonyl (C=O) groups is 1. The van der Waals surface area contributed by atoms with E-state index < -0.39 is 10.0 Å². The number of benzene rings is 2. The van der Waals surface area contributed by atoms with Crippen LogP contribution in [0.3, 0.4) is 0 Å². The lowest BCUT2D eigenvalue weighted by atomic mass is 9.96. The largest absolute Gasteiger partial charge is 0.497 e. The molecule has 1 unspecified atom stereocenters. The molecule has 2 aromatic carbocycles. The van der Waals surface area contributed by atoms with E-state index >= 15 is 0 Å². The Hall–Kier alpha value is -2.58. The highest BCUT2D eigenvalue weighted by atomic mass is 32.2. The maximum absolute atomic E-state index is 12.8. The molecule has 0 saturated carbocycles. The molecule has 2 rings (SSSR count). The summed E-state index contributed by atoms with van der Waals surface area (Å²) in [6, 6.07) is 12.3. The van der Waals surface area contributed by atoms with Crippen LogP contribution >= 0.6 is 0 Å². The van der Waals surface area contributed by atoms with E-state index in [1.165, 1.54) is 27.3 Å². The number of methoxy groups -OCH3 is 2. The van der Waals surface area contributed by atoms with Gasteiger partial charge in [0.1, 0.15) is 11.5 Å². The van der Waals surface area contributed by atoms with Crippen molar-refractivity contribution < 1.29 is 22.7 Å². The third-order valence-electron chi connectivity index (χ3n) is 5.21. The molecular weight excluding hydrogens is 428 g/mol. The van der Waals surface area contributed by atoms with E-state index in [2.05, 4.69) is 19.2 Å². The summed E-state index contributed by atoms with van der Waals surface area (Å²) in [7, 11) is 2.55. The van der Waals surface area contributed by atoms with Crippen molar-refractivity contribution >= 4 is 15.9 Å². The zero-order valence-electron chi connectivity index (χ0n) is 19.7. The van der Waals surface area contributed by atoms with Crippen LogP contribution in [-0.2, 0) is 21.2 Å². The molecule has 0 fully saturated rings. The van der Waals surface area contributed by atoms with Gasteiger partial charge in [-0.25, -0.2) is 12.7 Å². The van der Waals surface area contributed by atoms with Gasteiger partial charge in [-0.2, -0.15) is 0 Å². The first-order valence-electron chi connectivity index (χ1n) is 10.6. The lowest BCUT2D eigenvalue weighted by Crippen LogP contribution is -2.29. The second kappa shape index (κ2) is 11.3. The van der Waals surface area contributed by atoms with Crippen molar-refractivity contribution in [2.75, 3.05) is 28.3 Å². The van der Waals surface area contributed by atoms with Crippen LogP contribution < -0.4 is 14.8 Å². The molecule has 0 bridgehead atoms. The number of aryl methyl sites for hydroxylation is 1. The summed E-state index contributed by atoms with van der Waals surface area (Å²) in [5.41, 5.74) is 1.69. The quantitative estimate of drug-likeness (QED) is 0.549. The van der Waals surface area contributed by atoms with Gasteiger partial charge in [-0.3, -0.25) is 4.79 Å². The Morgan fingerprint density at radius 1 is 1.03 bits per heavy atom. The van der Waals surface area contributed by atoms with Crippen molar-refractivity contribution in [1.29, 1.82) is 0 Å². The van der Waals surface area contributed by atoms with Crippen LogP contribution in [0.2, 0.25) is 0 Å². The van der Waals surface area contributed by atoms with Crippen molar-refractivity contribution in [2.24, 2.45) is 5.92 Å².